The maximum absolute atomic E-state index is 12.4. The molecule has 1 aromatic rings. The van der Waals surface area contributed by atoms with Gasteiger partial charge in [-0.15, -0.1) is 0 Å². The predicted octanol–water partition coefficient (Wildman–Crippen LogP) is 0.535. The molecule has 7 heteroatoms. The number of nitrogens with one attached hydrogen (secondary N) is 1. The third kappa shape index (κ3) is 2.82. The minimum atomic E-state index is -3.47. The molecule has 19 heavy (non-hydrogen) atoms. The smallest absolute Gasteiger partial charge is 0.244 e. The Kier molecular flexibility index (Phi) is 3.98. The summed E-state index contributed by atoms with van der Waals surface area (Å²) in [6.07, 6.45) is 1.95. The molecule has 2 rings (SSSR count). The summed E-state index contributed by atoms with van der Waals surface area (Å²) in [6, 6.07) is 0.0895. The first-order valence-electron chi connectivity index (χ1n) is 6.67. The van der Waals surface area contributed by atoms with E-state index in [4.69, 9.17) is 5.73 Å². The highest BCUT2D eigenvalue weighted by molar-refractivity contribution is 7.89. The number of aromatic nitrogens is 2. The average molecular weight is 286 g/mol. The van der Waals surface area contributed by atoms with Crippen molar-refractivity contribution in [3.8, 4) is 0 Å². The summed E-state index contributed by atoms with van der Waals surface area (Å²) >= 11 is 0. The second-order valence-corrected chi connectivity index (χ2v) is 6.79. The van der Waals surface area contributed by atoms with Crippen molar-refractivity contribution in [2.75, 3.05) is 6.54 Å². The molecule has 2 atom stereocenters. The number of aryl methyl sites for hydroxylation is 1. The fraction of sp³-hybridized carbons (Fsp3) is 0.750. The van der Waals surface area contributed by atoms with E-state index < -0.39 is 10.0 Å². The molecule has 0 saturated heterocycles. The van der Waals surface area contributed by atoms with E-state index in [0.29, 0.717) is 35.3 Å². The van der Waals surface area contributed by atoms with Gasteiger partial charge in [0.05, 0.1) is 17.9 Å². The van der Waals surface area contributed by atoms with Crippen LogP contribution in [0.3, 0.4) is 0 Å². The van der Waals surface area contributed by atoms with Crippen LogP contribution < -0.4 is 10.5 Å². The van der Waals surface area contributed by atoms with Crippen molar-refractivity contribution in [2.45, 2.75) is 51.1 Å². The van der Waals surface area contributed by atoms with Gasteiger partial charge in [0.2, 0.25) is 10.0 Å². The van der Waals surface area contributed by atoms with Crippen LogP contribution in [0.5, 0.6) is 0 Å². The maximum Gasteiger partial charge on any atom is 0.244 e. The lowest BCUT2D eigenvalue weighted by atomic mass is 10.3. The van der Waals surface area contributed by atoms with Crippen LogP contribution in [-0.4, -0.2) is 30.8 Å². The van der Waals surface area contributed by atoms with Crippen molar-refractivity contribution in [2.24, 2.45) is 11.7 Å². The monoisotopic (exact) mass is 286 g/mol. The molecule has 108 valence electrons. The molecule has 3 N–H and O–H groups in total. The number of hydrogen-bond donors (Lipinski definition) is 2. The van der Waals surface area contributed by atoms with Crippen molar-refractivity contribution < 1.29 is 8.42 Å². The van der Waals surface area contributed by atoms with E-state index in [0.717, 1.165) is 12.8 Å². The molecule has 0 aromatic carbocycles. The zero-order valence-corrected chi connectivity index (χ0v) is 12.5. The van der Waals surface area contributed by atoms with Gasteiger partial charge in [-0.3, -0.25) is 4.68 Å². The van der Waals surface area contributed by atoms with E-state index in [1.807, 2.05) is 0 Å². The van der Waals surface area contributed by atoms with Crippen LogP contribution in [0.4, 0.5) is 0 Å². The molecule has 2 unspecified atom stereocenters. The number of rotatable bonds is 6. The zero-order valence-electron chi connectivity index (χ0n) is 11.7. The molecule has 0 aliphatic heterocycles. The standard InChI is InChI=1S/C12H22N4O2S/c1-4-10-7-11(10)15-19(17,18)12-8(2)14-16(6-5-13)9(12)3/h10-11,15H,4-7,13H2,1-3H3. The predicted molar refractivity (Wildman–Crippen MR) is 73.3 cm³/mol. The molecule has 0 amide bonds. The van der Waals surface area contributed by atoms with Crippen molar-refractivity contribution in [1.82, 2.24) is 14.5 Å². The van der Waals surface area contributed by atoms with Crippen LogP contribution in [0, 0.1) is 19.8 Å². The van der Waals surface area contributed by atoms with E-state index in [-0.39, 0.29) is 6.04 Å². The van der Waals surface area contributed by atoms with E-state index in [9.17, 15) is 8.42 Å². The zero-order chi connectivity index (χ0) is 14.2. The summed E-state index contributed by atoms with van der Waals surface area (Å²) in [5.41, 5.74) is 6.69. The van der Waals surface area contributed by atoms with Gasteiger partial charge in [-0.1, -0.05) is 13.3 Å². The second-order valence-electron chi connectivity index (χ2n) is 5.14. The lowest BCUT2D eigenvalue weighted by Gasteiger charge is -2.07. The minimum absolute atomic E-state index is 0.0895. The first-order valence-corrected chi connectivity index (χ1v) is 8.15. The Labute approximate surface area is 114 Å². The molecule has 1 fully saturated rings. The van der Waals surface area contributed by atoms with Gasteiger partial charge in [-0.25, -0.2) is 13.1 Å². The molecular weight excluding hydrogens is 264 g/mol. The molecule has 1 heterocycles. The molecule has 0 radical (unpaired) electrons. The third-order valence-corrected chi connectivity index (χ3v) is 5.42. The van der Waals surface area contributed by atoms with Crippen molar-refractivity contribution in [3.63, 3.8) is 0 Å². The van der Waals surface area contributed by atoms with Gasteiger partial charge in [-0.2, -0.15) is 5.10 Å². The molecule has 1 saturated carbocycles. The number of nitrogens with two attached hydrogens (primary N) is 1. The Balaban J connectivity index is 2.25. The van der Waals surface area contributed by atoms with Crippen LogP contribution in [-0.2, 0) is 16.6 Å². The lowest BCUT2D eigenvalue weighted by Crippen LogP contribution is -2.28. The molecule has 6 nitrogen and oxygen atoms in total. The Bertz CT molecular complexity index is 565. The largest absolute Gasteiger partial charge is 0.329 e. The fourth-order valence-corrected chi connectivity index (χ4v) is 4.24. The topological polar surface area (TPSA) is 90.0 Å². The molecule has 1 aliphatic carbocycles. The van der Waals surface area contributed by atoms with Crippen molar-refractivity contribution >= 4 is 10.0 Å². The van der Waals surface area contributed by atoms with Crippen LogP contribution in [0.1, 0.15) is 31.2 Å². The normalized spacial score (nSPS) is 22.7. The van der Waals surface area contributed by atoms with Crippen LogP contribution >= 0.6 is 0 Å². The molecule has 1 aliphatic rings. The van der Waals surface area contributed by atoms with Gasteiger partial charge >= 0.3 is 0 Å². The molecule has 0 bridgehead atoms. The van der Waals surface area contributed by atoms with Crippen molar-refractivity contribution in [1.29, 1.82) is 0 Å². The highest BCUT2D eigenvalue weighted by atomic mass is 32.2. The van der Waals surface area contributed by atoms with Gasteiger partial charge in [-0.05, 0) is 26.2 Å². The Morgan fingerprint density at radius 1 is 1.47 bits per heavy atom. The summed E-state index contributed by atoms with van der Waals surface area (Å²) in [5.74, 6) is 0.481. The van der Waals surface area contributed by atoms with Crippen LogP contribution in [0.25, 0.3) is 0 Å². The summed E-state index contributed by atoms with van der Waals surface area (Å²) in [7, 11) is -3.47. The second kappa shape index (κ2) is 5.22. The van der Waals surface area contributed by atoms with Crippen molar-refractivity contribution in [3.05, 3.63) is 11.4 Å². The lowest BCUT2D eigenvalue weighted by molar-refractivity contribution is 0.572. The third-order valence-electron chi connectivity index (χ3n) is 3.68. The van der Waals surface area contributed by atoms with E-state index >= 15 is 0 Å². The highest BCUT2D eigenvalue weighted by Crippen LogP contribution is 2.35. The Morgan fingerprint density at radius 3 is 2.68 bits per heavy atom. The minimum Gasteiger partial charge on any atom is -0.329 e. The first kappa shape index (κ1) is 14.5. The summed E-state index contributed by atoms with van der Waals surface area (Å²) in [4.78, 5) is 0.308. The molecule has 0 spiro atoms. The Morgan fingerprint density at radius 2 is 2.16 bits per heavy atom. The quantitative estimate of drug-likeness (QED) is 0.798. The number of sulfonamides is 1. The summed E-state index contributed by atoms with van der Waals surface area (Å²) in [6.45, 7) is 6.54. The average Bonchev–Trinajstić information content (AvgIpc) is 2.98. The molecular formula is C12H22N4O2S. The number of nitrogens with zero attached hydrogens (tertiary/aromatic N) is 2. The van der Waals surface area contributed by atoms with Crippen LogP contribution in [0.2, 0.25) is 0 Å². The van der Waals surface area contributed by atoms with Gasteiger partial charge in [0, 0.05) is 12.6 Å². The summed E-state index contributed by atoms with van der Waals surface area (Å²) in [5, 5.41) is 4.25. The number of hydrogen-bond acceptors (Lipinski definition) is 4. The van der Waals surface area contributed by atoms with E-state index in [1.54, 1.807) is 18.5 Å². The first-order chi connectivity index (χ1) is 8.90. The Hall–Kier alpha value is -0.920. The highest BCUT2D eigenvalue weighted by Gasteiger charge is 2.39. The molecule has 1 aromatic heterocycles. The van der Waals surface area contributed by atoms with Crippen LogP contribution in [0.15, 0.2) is 4.90 Å². The van der Waals surface area contributed by atoms with Gasteiger partial charge < -0.3 is 5.73 Å². The summed E-state index contributed by atoms with van der Waals surface area (Å²) < 4.78 is 29.2. The van der Waals surface area contributed by atoms with Gasteiger partial charge in [0.25, 0.3) is 0 Å². The van der Waals surface area contributed by atoms with E-state index in [1.165, 1.54) is 0 Å². The van der Waals surface area contributed by atoms with Gasteiger partial charge in [0.1, 0.15) is 4.90 Å². The van der Waals surface area contributed by atoms with Gasteiger partial charge in [0.15, 0.2) is 0 Å². The SMILES string of the molecule is CCC1CC1NS(=O)(=O)c1c(C)nn(CCN)c1C. The van der Waals surface area contributed by atoms with E-state index in [2.05, 4.69) is 16.7 Å². The fourth-order valence-electron chi connectivity index (χ4n) is 2.51. The maximum atomic E-state index is 12.4.